The number of hydrogen-bond donors (Lipinski definition) is 2. The predicted molar refractivity (Wildman–Crippen MR) is 99.0 cm³/mol. The molecule has 0 saturated carbocycles. The molecule has 0 aliphatic heterocycles. The number of pyridine rings is 1. The molecule has 0 atom stereocenters. The van der Waals surface area contributed by atoms with Crippen molar-refractivity contribution in [2.75, 3.05) is 0 Å². The van der Waals surface area contributed by atoms with Crippen LogP contribution in [0.3, 0.4) is 0 Å². The van der Waals surface area contributed by atoms with E-state index in [9.17, 15) is 9.90 Å². The molecule has 0 fully saturated rings. The lowest BCUT2D eigenvalue weighted by molar-refractivity contribution is 0.0950. The molecule has 0 unspecified atom stereocenters. The highest BCUT2D eigenvalue weighted by atomic mass is 16.5. The minimum atomic E-state index is -0.197. The second-order valence-electron chi connectivity index (χ2n) is 5.87. The monoisotopic (exact) mass is 348 g/mol. The smallest absolute Gasteiger partial charge is 0.251 e. The summed E-state index contributed by atoms with van der Waals surface area (Å²) in [4.78, 5) is 16.5. The fraction of sp³-hybridized carbons (Fsp3) is 0.143. The number of carbonyl (C=O) groups excluding carboxylic acids is 1. The van der Waals surface area contributed by atoms with Gasteiger partial charge < -0.3 is 15.2 Å². The lowest BCUT2D eigenvalue weighted by Gasteiger charge is -2.12. The van der Waals surface area contributed by atoms with Crippen LogP contribution in [-0.2, 0) is 13.2 Å². The van der Waals surface area contributed by atoms with Crippen LogP contribution in [0.25, 0.3) is 0 Å². The van der Waals surface area contributed by atoms with Gasteiger partial charge in [-0.25, -0.2) is 0 Å². The molecule has 0 aliphatic rings. The first-order valence-corrected chi connectivity index (χ1v) is 8.32. The summed E-state index contributed by atoms with van der Waals surface area (Å²) in [6, 6.07) is 16.3. The quantitative estimate of drug-likeness (QED) is 0.714. The van der Waals surface area contributed by atoms with Crippen molar-refractivity contribution in [3.05, 3.63) is 89.2 Å². The normalized spacial score (nSPS) is 10.4. The first kappa shape index (κ1) is 17.6. The van der Waals surface area contributed by atoms with Crippen LogP contribution >= 0.6 is 0 Å². The van der Waals surface area contributed by atoms with Crippen LogP contribution in [0.2, 0.25) is 0 Å². The maximum absolute atomic E-state index is 12.5. The van der Waals surface area contributed by atoms with Gasteiger partial charge in [-0.2, -0.15) is 0 Å². The van der Waals surface area contributed by atoms with Crippen LogP contribution < -0.4 is 10.1 Å². The van der Waals surface area contributed by atoms with E-state index in [1.54, 1.807) is 36.7 Å². The van der Waals surface area contributed by atoms with Crippen molar-refractivity contribution in [3.63, 3.8) is 0 Å². The number of benzene rings is 2. The molecule has 0 radical (unpaired) electrons. The molecule has 1 heterocycles. The fourth-order valence-electron chi connectivity index (χ4n) is 2.55. The molecular formula is C21H20N2O3. The lowest BCUT2D eigenvalue weighted by atomic mass is 10.1. The van der Waals surface area contributed by atoms with Gasteiger partial charge in [0.05, 0.1) is 6.61 Å². The van der Waals surface area contributed by atoms with Gasteiger partial charge in [0, 0.05) is 24.5 Å². The van der Waals surface area contributed by atoms with Gasteiger partial charge in [0.25, 0.3) is 5.91 Å². The number of aliphatic hydroxyl groups excluding tert-OH is 1. The Hall–Kier alpha value is -3.18. The zero-order valence-corrected chi connectivity index (χ0v) is 14.5. The Morgan fingerprint density at radius 1 is 1.08 bits per heavy atom. The number of aromatic nitrogens is 1. The third kappa shape index (κ3) is 4.26. The highest BCUT2D eigenvalue weighted by molar-refractivity contribution is 5.94. The average molecular weight is 348 g/mol. The third-order valence-corrected chi connectivity index (χ3v) is 4.06. The lowest BCUT2D eigenvalue weighted by Crippen LogP contribution is -2.23. The van der Waals surface area contributed by atoms with Gasteiger partial charge in [-0.15, -0.1) is 0 Å². The largest absolute Gasteiger partial charge is 0.457 e. The number of aryl methyl sites for hydroxylation is 1. The maximum atomic E-state index is 12.5. The van der Waals surface area contributed by atoms with Crippen molar-refractivity contribution in [1.29, 1.82) is 0 Å². The van der Waals surface area contributed by atoms with Crippen molar-refractivity contribution in [2.45, 2.75) is 20.1 Å². The second-order valence-corrected chi connectivity index (χ2v) is 5.87. The molecule has 26 heavy (non-hydrogen) atoms. The van der Waals surface area contributed by atoms with E-state index in [0.717, 1.165) is 16.7 Å². The van der Waals surface area contributed by atoms with E-state index in [2.05, 4.69) is 10.3 Å². The van der Waals surface area contributed by atoms with E-state index < -0.39 is 0 Å². The molecule has 3 rings (SSSR count). The third-order valence-electron chi connectivity index (χ3n) is 4.06. The Bertz CT molecular complexity index is 895. The molecule has 0 aliphatic carbocycles. The molecule has 1 aromatic heterocycles. The molecule has 2 aromatic carbocycles. The van der Waals surface area contributed by atoms with Gasteiger partial charge >= 0.3 is 0 Å². The zero-order chi connectivity index (χ0) is 18.4. The summed E-state index contributed by atoms with van der Waals surface area (Å²) in [7, 11) is 0. The van der Waals surface area contributed by atoms with Gasteiger partial charge in [-0.05, 0) is 47.9 Å². The van der Waals surface area contributed by atoms with Gasteiger partial charge in [0.15, 0.2) is 0 Å². The summed E-state index contributed by atoms with van der Waals surface area (Å²) >= 11 is 0. The average Bonchev–Trinajstić information content (AvgIpc) is 2.68. The summed E-state index contributed by atoms with van der Waals surface area (Å²) in [6.45, 7) is 2.22. The number of nitrogens with one attached hydrogen (secondary N) is 1. The number of rotatable bonds is 6. The summed E-state index contributed by atoms with van der Waals surface area (Å²) in [5, 5.41) is 12.3. The van der Waals surface area contributed by atoms with E-state index in [-0.39, 0.29) is 12.5 Å². The van der Waals surface area contributed by atoms with Crippen LogP contribution in [-0.4, -0.2) is 16.0 Å². The predicted octanol–water partition coefficient (Wildman–Crippen LogP) is 3.60. The van der Waals surface area contributed by atoms with Gasteiger partial charge in [0.2, 0.25) is 0 Å². The van der Waals surface area contributed by atoms with E-state index in [1.165, 1.54) is 0 Å². The Morgan fingerprint density at radius 2 is 1.81 bits per heavy atom. The van der Waals surface area contributed by atoms with Crippen molar-refractivity contribution < 1.29 is 14.6 Å². The van der Waals surface area contributed by atoms with Crippen LogP contribution in [0.4, 0.5) is 0 Å². The first-order chi connectivity index (χ1) is 12.7. The molecule has 5 heteroatoms. The second kappa shape index (κ2) is 8.27. The fourth-order valence-corrected chi connectivity index (χ4v) is 2.55. The standard InChI is InChI=1S/C21H20N2O3/c1-15-6-7-16(12-20(15)26-19-8-10-22-11-9-19)21(25)23-13-17-4-2-3-5-18(17)14-24/h2-12,24H,13-14H2,1H3,(H,23,25). The number of aliphatic hydroxyl groups is 1. The van der Waals surface area contributed by atoms with E-state index >= 15 is 0 Å². The minimum Gasteiger partial charge on any atom is -0.457 e. The zero-order valence-electron chi connectivity index (χ0n) is 14.5. The number of hydrogen-bond acceptors (Lipinski definition) is 4. The van der Waals surface area contributed by atoms with E-state index in [0.29, 0.717) is 23.6 Å². The van der Waals surface area contributed by atoms with E-state index in [4.69, 9.17) is 4.74 Å². The van der Waals surface area contributed by atoms with Crippen LogP contribution in [0.5, 0.6) is 11.5 Å². The summed E-state index contributed by atoms with van der Waals surface area (Å²) in [5.41, 5.74) is 3.15. The van der Waals surface area contributed by atoms with Crippen LogP contribution in [0.15, 0.2) is 67.0 Å². The Balaban J connectivity index is 1.72. The van der Waals surface area contributed by atoms with Crippen LogP contribution in [0, 0.1) is 6.92 Å². The van der Waals surface area contributed by atoms with E-state index in [1.807, 2.05) is 37.3 Å². The topological polar surface area (TPSA) is 71.5 Å². The van der Waals surface area contributed by atoms with Crippen molar-refractivity contribution in [3.8, 4) is 11.5 Å². The molecular weight excluding hydrogens is 328 g/mol. The molecule has 5 nitrogen and oxygen atoms in total. The van der Waals surface area contributed by atoms with Gasteiger partial charge in [-0.3, -0.25) is 9.78 Å². The molecule has 0 bridgehead atoms. The highest BCUT2D eigenvalue weighted by Gasteiger charge is 2.10. The Kier molecular flexibility index (Phi) is 5.61. The number of amides is 1. The Morgan fingerprint density at radius 3 is 2.54 bits per heavy atom. The summed E-state index contributed by atoms with van der Waals surface area (Å²) in [5.74, 6) is 1.09. The van der Waals surface area contributed by atoms with Crippen molar-refractivity contribution >= 4 is 5.91 Å². The number of carbonyl (C=O) groups is 1. The molecule has 0 spiro atoms. The van der Waals surface area contributed by atoms with Gasteiger partial charge in [-0.1, -0.05) is 30.3 Å². The van der Waals surface area contributed by atoms with Crippen molar-refractivity contribution in [2.24, 2.45) is 0 Å². The minimum absolute atomic E-state index is 0.0551. The van der Waals surface area contributed by atoms with Crippen molar-refractivity contribution in [1.82, 2.24) is 10.3 Å². The Labute approximate surface area is 152 Å². The SMILES string of the molecule is Cc1ccc(C(=O)NCc2ccccc2CO)cc1Oc1ccncc1. The molecule has 132 valence electrons. The summed E-state index contributed by atoms with van der Waals surface area (Å²) in [6.07, 6.45) is 3.31. The number of nitrogens with zero attached hydrogens (tertiary/aromatic N) is 1. The molecule has 1 amide bonds. The van der Waals surface area contributed by atoms with Gasteiger partial charge in [0.1, 0.15) is 11.5 Å². The summed E-state index contributed by atoms with van der Waals surface area (Å²) < 4.78 is 5.85. The maximum Gasteiger partial charge on any atom is 0.251 e. The molecule has 0 saturated heterocycles. The molecule has 3 aromatic rings. The first-order valence-electron chi connectivity index (χ1n) is 8.32. The molecule has 2 N–H and O–H groups in total. The highest BCUT2D eigenvalue weighted by Crippen LogP contribution is 2.25. The van der Waals surface area contributed by atoms with Crippen LogP contribution in [0.1, 0.15) is 27.0 Å². The number of ether oxygens (including phenoxy) is 1.